The van der Waals surface area contributed by atoms with Gasteiger partial charge in [-0.05, 0) is 69.3 Å². The average Bonchev–Trinajstić information content (AvgIpc) is 3.23. The van der Waals surface area contributed by atoms with Gasteiger partial charge < -0.3 is 20.6 Å². The Kier molecular flexibility index (Phi) is 6.74. The maximum absolute atomic E-state index is 7.00. The van der Waals surface area contributed by atoms with Gasteiger partial charge in [0.25, 0.3) is 0 Å². The molecule has 1 saturated carbocycles. The molecule has 3 fully saturated rings. The van der Waals surface area contributed by atoms with E-state index < -0.39 is 0 Å². The summed E-state index contributed by atoms with van der Waals surface area (Å²) in [6.07, 6.45) is 12.2. The van der Waals surface area contributed by atoms with E-state index in [4.69, 9.17) is 25.8 Å². The van der Waals surface area contributed by atoms with Gasteiger partial charge >= 0.3 is 0 Å². The number of nitrogens with zero attached hydrogens (tertiary/aromatic N) is 5. The number of aliphatic hydroxyl groups is 1. The Labute approximate surface area is 213 Å². The summed E-state index contributed by atoms with van der Waals surface area (Å²) >= 11 is 1.74. The molecule has 7 nitrogen and oxygen atoms in total. The van der Waals surface area contributed by atoms with Crippen LogP contribution in [0.1, 0.15) is 63.6 Å². The lowest BCUT2D eigenvalue weighted by molar-refractivity contribution is 0.321. The van der Waals surface area contributed by atoms with Crippen LogP contribution in [0.5, 0.6) is 0 Å². The van der Waals surface area contributed by atoms with Crippen LogP contribution >= 0.6 is 11.8 Å². The minimum Gasteiger partial charge on any atom is -0.400 e. The Hall–Kier alpha value is -1.90. The molecule has 35 heavy (non-hydrogen) atoms. The van der Waals surface area contributed by atoms with Gasteiger partial charge in [-0.2, -0.15) is 0 Å². The van der Waals surface area contributed by atoms with Crippen molar-refractivity contribution in [3.63, 3.8) is 0 Å². The third-order valence-corrected chi connectivity index (χ3v) is 9.97. The van der Waals surface area contributed by atoms with Gasteiger partial charge in [-0.3, -0.25) is 0 Å². The van der Waals surface area contributed by atoms with E-state index in [1.807, 2.05) is 12.4 Å². The fourth-order valence-electron chi connectivity index (χ4n) is 6.84. The Morgan fingerprint density at radius 1 is 1.20 bits per heavy atom. The topological polar surface area (TPSA) is 91.4 Å². The van der Waals surface area contributed by atoms with Crippen molar-refractivity contribution in [1.29, 1.82) is 0 Å². The largest absolute Gasteiger partial charge is 0.400 e. The molecule has 0 bridgehead atoms. The van der Waals surface area contributed by atoms with E-state index in [1.54, 1.807) is 11.8 Å². The van der Waals surface area contributed by atoms with Gasteiger partial charge in [-0.15, -0.1) is 0 Å². The van der Waals surface area contributed by atoms with Crippen LogP contribution < -0.4 is 15.5 Å². The van der Waals surface area contributed by atoms with Gasteiger partial charge in [-0.1, -0.05) is 25.6 Å². The summed E-state index contributed by atoms with van der Waals surface area (Å²) in [6, 6.07) is 2.82. The zero-order valence-electron chi connectivity index (χ0n) is 21.6. The molecule has 3 unspecified atom stereocenters. The molecule has 0 aromatic carbocycles. The molecule has 2 saturated heterocycles. The monoisotopic (exact) mass is 496 g/mol. The van der Waals surface area contributed by atoms with Crippen LogP contribution in [0.25, 0.3) is 0 Å². The van der Waals surface area contributed by atoms with Crippen LogP contribution in [-0.4, -0.2) is 58.4 Å². The maximum Gasteiger partial charge on any atom is 0.150 e. The molecule has 2 aromatic rings. The highest BCUT2D eigenvalue weighted by atomic mass is 32.2. The molecule has 1 aliphatic carbocycles. The van der Waals surface area contributed by atoms with Crippen LogP contribution in [0, 0.1) is 18.3 Å². The summed E-state index contributed by atoms with van der Waals surface area (Å²) in [7, 11) is 1.00. The van der Waals surface area contributed by atoms with Crippen molar-refractivity contribution in [1.82, 2.24) is 15.0 Å². The second-order valence-corrected chi connectivity index (χ2v) is 12.0. The van der Waals surface area contributed by atoms with Crippen LogP contribution in [0.4, 0.5) is 11.6 Å². The van der Waals surface area contributed by atoms with Crippen molar-refractivity contribution in [3.8, 4) is 0 Å². The van der Waals surface area contributed by atoms with Gasteiger partial charge in [0, 0.05) is 55.0 Å². The molecule has 6 rings (SSSR count). The van der Waals surface area contributed by atoms with Crippen LogP contribution in [0.15, 0.2) is 28.4 Å². The standard InChI is InChI=1S/C26H36N6S.CH4O/c1-4-26(27)16-25(26)8-11-31(12-9-25)23-18(3)30-22(14-29-23)33-21-7-10-28-24-20(21)6-5-19-13-17(2)15-32(19)24;1-2/h7,10,14,17,19H,4-6,8-9,11-13,15-16,27H2,1-3H3;2H,1H3. The number of aryl methyl sites for hydroxylation is 1. The highest BCUT2D eigenvalue weighted by Crippen LogP contribution is 2.62. The van der Waals surface area contributed by atoms with Gasteiger partial charge in [0.05, 0.1) is 11.9 Å². The van der Waals surface area contributed by atoms with Gasteiger partial charge in [0.2, 0.25) is 0 Å². The second kappa shape index (κ2) is 9.52. The van der Waals surface area contributed by atoms with Crippen molar-refractivity contribution in [2.75, 3.05) is 36.5 Å². The SMILES string of the molecule is CCC1(N)CC12CCN(c1ncc(Sc3ccnc4c3CCC3CC(C)CN43)nc1C)CC2.CO. The number of piperidine rings is 1. The van der Waals surface area contributed by atoms with E-state index in [1.165, 1.54) is 48.4 Å². The van der Waals surface area contributed by atoms with Crippen LogP contribution in [0.2, 0.25) is 0 Å². The van der Waals surface area contributed by atoms with E-state index in [0.717, 1.165) is 62.0 Å². The number of fused-ring (bicyclic) bond motifs is 3. The maximum atomic E-state index is 7.00. The molecule has 0 amide bonds. The number of pyridine rings is 1. The molecule has 4 aliphatic rings. The predicted octanol–water partition coefficient (Wildman–Crippen LogP) is 4.20. The lowest BCUT2D eigenvalue weighted by Crippen LogP contribution is -2.41. The molecule has 0 radical (unpaired) electrons. The first-order valence-electron chi connectivity index (χ1n) is 13.2. The summed E-state index contributed by atoms with van der Waals surface area (Å²) in [5.41, 5.74) is 9.46. The Bertz CT molecular complexity index is 1070. The number of nitrogens with two attached hydrogens (primary N) is 1. The highest BCUT2D eigenvalue weighted by Gasteiger charge is 2.63. The molecule has 2 aromatic heterocycles. The Morgan fingerprint density at radius 3 is 2.66 bits per heavy atom. The van der Waals surface area contributed by atoms with E-state index >= 15 is 0 Å². The normalized spacial score (nSPS) is 28.3. The summed E-state index contributed by atoms with van der Waals surface area (Å²) in [6.45, 7) is 9.90. The van der Waals surface area contributed by atoms with Gasteiger partial charge in [0.1, 0.15) is 16.7 Å². The fourth-order valence-corrected chi connectivity index (χ4v) is 7.80. The summed E-state index contributed by atoms with van der Waals surface area (Å²) < 4.78 is 0. The van der Waals surface area contributed by atoms with Crippen molar-refractivity contribution >= 4 is 23.4 Å². The van der Waals surface area contributed by atoms with Crippen molar-refractivity contribution in [3.05, 3.63) is 29.7 Å². The molecule has 190 valence electrons. The Morgan fingerprint density at radius 2 is 1.97 bits per heavy atom. The number of rotatable bonds is 4. The van der Waals surface area contributed by atoms with Crippen molar-refractivity contribution in [2.24, 2.45) is 17.1 Å². The number of aliphatic hydroxyl groups excluding tert-OH is 1. The van der Waals surface area contributed by atoms with Gasteiger partial charge in [0.15, 0.2) is 0 Å². The number of aromatic nitrogens is 3. The highest BCUT2D eigenvalue weighted by molar-refractivity contribution is 7.99. The first kappa shape index (κ1) is 24.8. The number of anilines is 2. The van der Waals surface area contributed by atoms with Crippen LogP contribution in [-0.2, 0) is 6.42 Å². The second-order valence-electron chi connectivity index (χ2n) is 11.0. The Balaban J connectivity index is 0.00000124. The zero-order valence-corrected chi connectivity index (χ0v) is 22.4. The zero-order chi connectivity index (χ0) is 24.8. The summed E-state index contributed by atoms with van der Waals surface area (Å²) in [5.74, 6) is 3.00. The molecule has 1 spiro atoms. The minimum absolute atomic E-state index is 0.0805. The molecular weight excluding hydrogens is 456 g/mol. The quantitative estimate of drug-likeness (QED) is 0.651. The molecular formula is C27H40N6OS. The van der Waals surface area contributed by atoms with Gasteiger partial charge in [-0.25, -0.2) is 15.0 Å². The third kappa shape index (κ3) is 4.31. The van der Waals surface area contributed by atoms with Crippen molar-refractivity contribution < 1.29 is 5.11 Å². The molecule has 8 heteroatoms. The molecule has 3 atom stereocenters. The smallest absolute Gasteiger partial charge is 0.150 e. The third-order valence-electron chi connectivity index (χ3n) is 8.96. The predicted molar refractivity (Wildman–Crippen MR) is 142 cm³/mol. The van der Waals surface area contributed by atoms with E-state index in [9.17, 15) is 0 Å². The lowest BCUT2D eigenvalue weighted by atomic mass is 9.87. The fraction of sp³-hybridized carbons (Fsp3) is 0.667. The first-order chi connectivity index (χ1) is 16.9. The first-order valence-corrected chi connectivity index (χ1v) is 14.0. The van der Waals surface area contributed by atoms with E-state index in [2.05, 4.69) is 36.6 Å². The molecule has 3 N–H and O–H groups in total. The minimum atomic E-state index is 0.0805. The average molecular weight is 497 g/mol. The summed E-state index contributed by atoms with van der Waals surface area (Å²) in [4.78, 5) is 20.9. The number of hydrogen-bond acceptors (Lipinski definition) is 8. The molecule has 5 heterocycles. The number of hydrogen-bond donors (Lipinski definition) is 2. The summed E-state index contributed by atoms with van der Waals surface area (Å²) in [5, 5.41) is 7.98. The molecule has 3 aliphatic heterocycles. The van der Waals surface area contributed by atoms with E-state index in [0.29, 0.717) is 11.5 Å². The van der Waals surface area contributed by atoms with E-state index in [-0.39, 0.29) is 5.54 Å². The van der Waals surface area contributed by atoms with Crippen molar-refractivity contribution in [2.45, 2.75) is 87.2 Å². The van der Waals surface area contributed by atoms with Crippen LogP contribution in [0.3, 0.4) is 0 Å². The lowest BCUT2D eigenvalue weighted by Gasteiger charge is -2.35.